The van der Waals surface area contributed by atoms with Crippen LogP contribution in [0.25, 0.3) is 0 Å². The molecule has 0 fully saturated rings. The van der Waals surface area contributed by atoms with Gasteiger partial charge in [-0.2, -0.15) is 0 Å². The van der Waals surface area contributed by atoms with E-state index in [1.54, 1.807) is 0 Å². The third-order valence-corrected chi connectivity index (χ3v) is 4.06. The van der Waals surface area contributed by atoms with Crippen LogP contribution < -0.4 is 5.73 Å². The molecule has 0 saturated heterocycles. The Morgan fingerprint density at radius 2 is 1.20 bits per heavy atom. The summed E-state index contributed by atoms with van der Waals surface area (Å²) in [4.78, 5) is 0. The second-order valence-corrected chi connectivity index (χ2v) is 6.12. The Bertz CT molecular complexity index is 198. The molecule has 119 valence electrons. The predicted molar refractivity (Wildman–Crippen MR) is 92.0 cm³/mol. The van der Waals surface area contributed by atoms with Crippen LogP contribution >= 0.6 is 0 Å². The first kappa shape index (κ1) is 19.7. The SMILES string of the molecule is CCCCCCCCC=CCCCCCCC([NH])CC. The van der Waals surface area contributed by atoms with Crippen LogP contribution in [0.4, 0.5) is 0 Å². The molecule has 0 aliphatic rings. The van der Waals surface area contributed by atoms with Crippen LogP contribution in [0.5, 0.6) is 0 Å². The summed E-state index contributed by atoms with van der Waals surface area (Å²) in [6.45, 7) is 4.39. The Hall–Kier alpha value is -0.300. The lowest BCUT2D eigenvalue weighted by Crippen LogP contribution is -2.05. The highest BCUT2D eigenvalue weighted by Crippen LogP contribution is 2.10. The van der Waals surface area contributed by atoms with Crippen LogP contribution in [0.1, 0.15) is 104 Å². The average Bonchev–Trinajstić information content (AvgIpc) is 2.47. The molecule has 0 saturated carbocycles. The van der Waals surface area contributed by atoms with Gasteiger partial charge in [0, 0.05) is 6.04 Å². The highest BCUT2D eigenvalue weighted by atomic mass is 14.6. The van der Waals surface area contributed by atoms with Crippen LogP contribution in [-0.2, 0) is 0 Å². The fourth-order valence-electron chi connectivity index (χ4n) is 2.49. The minimum atomic E-state index is 0.187. The van der Waals surface area contributed by atoms with E-state index in [4.69, 9.17) is 5.73 Å². The minimum Gasteiger partial charge on any atom is -0.255 e. The van der Waals surface area contributed by atoms with Crippen molar-refractivity contribution in [3.8, 4) is 0 Å². The first-order valence-corrected chi connectivity index (χ1v) is 9.17. The van der Waals surface area contributed by atoms with Gasteiger partial charge in [-0.25, -0.2) is 0 Å². The maximum atomic E-state index is 7.67. The molecule has 0 aromatic rings. The summed E-state index contributed by atoms with van der Waals surface area (Å²) < 4.78 is 0. The third-order valence-electron chi connectivity index (χ3n) is 4.06. The van der Waals surface area contributed by atoms with Crippen LogP contribution in [0, 0.1) is 0 Å². The lowest BCUT2D eigenvalue weighted by molar-refractivity contribution is 0.523. The fraction of sp³-hybridized carbons (Fsp3) is 0.895. The van der Waals surface area contributed by atoms with E-state index in [0.29, 0.717) is 0 Å². The van der Waals surface area contributed by atoms with E-state index in [1.807, 2.05) is 0 Å². The molecule has 20 heavy (non-hydrogen) atoms. The van der Waals surface area contributed by atoms with E-state index < -0.39 is 0 Å². The lowest BCUT2D eigenvalue weighted by Gasteiger charge is -2.06. The van der Waals surface area contributed by atoms with Gasteiger partial charge in [0.05, 0.1) is 0 Å². The minimum absolute atomic E-state index is 0.187. The largest absolute Gasteiger partial charge is 0.255 e. The van der Waals surface area contributed by atoms with Crippen molar-refractivity contribution in [2.75, 3.05) is 0 Å². The van der Waals surface area contributed by atoms with Crippen molar-refractivity contribution in [1.29, 1.82) is 0 Å². The molecule has 1 nitrogen and oxygen atoms in total. The van der Waals surface area contributed by atoms with Crippen molar-refractivity contribution in [2.45, 2.75) is 110 Å². The first-order chi connectivity index (χ1) is 9.81. The summed E-state index contributed by atoms with van der Waals surface area (Å²) in [7, 11) is 0. The number of nitrogens with one attached hydrogen (secondary N) is 1. The molecule has 0 aliphatic heterocycles. The molecule has 1 atom stereocenters. The molecular formula is C19H38N. The van der Waals surface area contributed by atoms with Crippen LogP contribution in [0.15, 0.2) is 12.2 Å². The molecule has 0 amide bonds. The summed E-state index contributed by atoms with van der Waals surface area (Å²) in [5.41, 5.74) is 7.67. The summed E-state index contributed by atoms with van der Waals surface area (Å²) in [6, 6.07) is 0.187. The van der Waals surface area contributed by atoms with Gasteiger partial charge in [-0.1, -0.05) is 77.4 Å². The van der Waals surface area contributed by atoms with Gasteiger partial charge < -0.3 is 0 Å². The first-order valence-electron chi connectivity index (χ1n) is 9.17. The van der Waals surface area contributed by atoms with Gasteiger partial charge in [0.15, 0.2) is 0 Å². The molecule has 1 radical (unpaired) electrons. The Balaban J connectivity index is 3.09. The summed E-state index contributed by atoms with van der Waals surface area (Å²) in [6.07, 6.45) is 23.1. The van der Waals surface area contributed by atoms with E-state index in [9.17, 15) is 0 Å². The van der Waals surface area contributed by atoms with Gasteiger partial charge in [-0.05, 0) is 38.5 Å². The second kappa shape index (κ2) is 16.8. The van der Waals surface area contributed by atoms with Gasteiger partial charge in [-0.3, -0.25) is 5.73 Å². The van der Waals surface area contributed by atoms with E-state index in [2.05, 4.69) is 26.0 Å². The van der Waals surface area contributed by atoms with Crippen molar-refractivity contribution < 1.29 is 0 Å². The predicted octanol–water partition coefficient (Wildman–Crippen LogP) is 6.70. The maximum Gasteiger partial charge on any atom is 0.0210 e. The quantitative estimate of drug-likeness (QED) is 0.235. The third kappa shape index (κ3) is 15.8. The number of allylic oxidation sites excluding steroid dienone is 2. The second-order valence-electron chi connectivity index (χ2n) is 6.12. The normalized spacial score (nSPS) is 13.2. The van der Waals surface area contributed by atoms with Crippen molar-refractivity contribution >= 4 is 0 Å². The Morgan fingerprint density at radius 3 is 1.75 bits per heavy atom. The summed E-state index contributed by atoms with van der Waals surface area (Å²) >= 11 is 0. The zero-order chi connectivity index (χ0) is 14.9. The zero-order valence-electron chi connectivity index (χ0n) is 14.1. The topological polar surface area (TPSA) is 23.8 Å². The molecule has 1 unspecified atom stereocenters. The lowest BCUT2D eigenvalue weighted by atomic mass is 10.1. The molecule has 0 aliphatic carbocycles. The van der Waals surface area contributed by atoms with Crippen LogP contribution in [-0.4, -0.2) is 6.04 Å². The average molecular weight is 281 g/mol. The molecule has 0 rings (SSSR count). The van der Waals surface area contributed by atoms with Gasteiger partial charge in [-0.15, -0.1) is 0 Å². The van der Waals surface area contributed by atoms with Crippen molar-refractivity contribution in [2.24, 2.45) is 0 Å². The Labute approximate surface area is 128 Å². The van der Waals surface area contributed by atoms with E-state index in [1.165, 1.54) is 77.0 Å². The van der Waals surface area contributed by atoms with Gasteiger partial charge >= 0.3 is 0 Å². The van der Waals surface area contributed by atoms with Crippen molar-refractivity contribution in [3.63, 3.8) is 0 Å². The van der Waals surface area contributed by atoms with Gasteiger partial charge in [0.2, 0.25) is 0 Å². The molecule has 0 aromatic heterocycles. The Kier molecular flexibility index (Phi) is 16.5. The molecule has 0 bridgehead atoms. The zero-order valence-corrected chi connectivity index (χ0v) is 14.1. The van der Waals surface area contributed by atoms with E-state index in [0.717, 1.165) is 12.8 Å². The van der Waals surface area contributed by atoms with Gasteiger partial charge in [0.1, 0.15) is 0 Å². The number of hydrogen-bond acceptors (Lipinski definition) is 0. The molecule has 1 N–H and O–H groups in total. The molecule has 0 aromatic carbocycles. The maximum absolute atomic E-state index is 7.67. The van der Waals surface area contributed by atoms with Crippen molar-refractivity contribution in [1.82, 2.24) is 5.73 Å². The Morgan fingerprint density at radius 1 is 0.700 bits per heavy atom. The monoisotopic (exact) mass is 280 g/mol. The highest BCUT2D eigenvalue weighted by molar-refractivity contribution is 4.81. The number of hydrogen-bond donors (Lipinski definition) is 0. The van der Waals surface area contributed by atoms with E-state index >= 15 is 0 Å². The van der Waals surface area contributed by atoms with Crippen LogP contribution in [0.2, 0.25) is 0 Å². The molecule has 0 spiro atoms. The fourth-order valence-corrected chi connectivity index (χ4v) is 2.49. The number of unbranched alkanes of at least 4 members (excludes halogenated alkanes) is 10. The number of rotatable bonds is 15. The summed E-state index contributed by atoms with van der Waals surface area (Å²) in [5, 5.41) is 0. The molecule has 1 heteroatoms. The smallest absolute Gasteiger partial charge is 0.0210 e. The highest BCUT2D eigenvalue weighted by Gasteiger charge is 1.98. The summed E-state index contributed by atoms with van der Waals surface area (Å²) in [5.74, 6) is 0. The van der Waals surface area contributed by atoms with Crippen molar-refractivity contribution in [3.05, 3.63) is 12.2 Å². The molecular weight excluding hydrogens is 242 g/mol. The van der Waals surface area contributed by atoms with Crippen LogP contribution in [0.3, 0.4) is 0 Å². The van der Waals surface area contributed by atoms with Gasteiger partial charge in [0.25, 0.3) is 0 Å². The molecule has 0 heterocycles. The van der Waals surface area contributed by atoms with E-state index in [-0.39, 0.29) is 6.04 Å². The standard InChI is InChI=1S/C19H38N/c1-3-5-6-7-8-9-10-11-12-13-14-15-16-17-18-19(20)4-2/h11-12,19-20H,3-10,13-18H2,1-2H3.